The van der Waals surface area contributed by atoms with E-state index >= 15 is 0 Å². The molecular formula is C75H84BN3O. The molecule has 0 radical (unpaired) electrons. The van der Waals surface area contributed by atoms with Crippen molar-refractivity contribution in [2.45, 2.75) is 199 Å². The minimum Gasteiger partial charge on any atom is -0.468 e. The molecule has 0 amide bonds. The first-order chi connectivity index (χ1) is 37.8. The highest BCUT2D eigenvalue weighted by atomic mass is 16.3. The smallest absolute Gasteiger partial charge is 0.297 e. The number of hydrogen-bond donors (Lipinski definition) is 0. The first-order valence-corrected chi connectivity index (χ1v) is 30.5. The molecule has 1 fully saturated rings. The summed E-state index contributed by atoms with van der Waals surface area (Å²) in [5, 5.41) is 1.17. The molecule has 0 spiro atoms. The van der Waals surface area contributed by atoms with Crippen LogP contribution in [0.3, 0.4) is 0 Å². The number of nitrogens with zero attached hydrogens (tertiary/aromatic N) is 3. The summed E-state index contributed by atoms with van der Waals surface area (Å²) in [6.45, 7) is 36.3. The van der Waals surface area contributed by atoms with Gasteiger partial charge in [0.25, 0.3) is 6.71 Å². The van der Waals surface area contributed by atoms with E-state index in [1.54, 1.807) is 0 Å². The second-order valence-electron chi connectivity index (χ2n) is 30.4. The van der Waals surface area contributed by atoms with Crippen molar-refractivity contribution in [1.29, 1.82) is 0 Å². The summed E-state index contributed by atoms with van der Waals surface area (Å²) in [7, 11) is 0. The van der Waals surface area contributed by atoms with Gasteiger partial charge in [-0.3, -0.25) is 0 Å². The van der Waals surface area contributed by atoms with E-state index in [9.17, 15) is 0 Å². The first-order valence-electron chi connectivity index (χ1n) is 30.5. The zero-order valence-electron chi connectivity index (χ0n) is 50.8. The van der Waals surface area contributed by atoms with E-state index in [2.05, 4.69) is 258 Å². The Labute approximate surface area is 479 Å². The molecule has 4 heterocycles. The Bertz CT molecular complexity index is 3880. The number of benzene rings is 7. The lowest BCUT2D eigenvalue weighted by molar-refractivity contribution is 0.215. The average molecular weight is 1050 g/mol. The first kappa shape index (κ1) is 51.7. The molecule has 1 saturated carbocycles. The molecule has 8 aromatic rings. The van der Waals surface area contributed by atoms with E-state index in [0.29, 0.717) is 0 Å². The number of fused-ring (bicyclic) bond motifs is 11. The van der Waals surface area contributed by atoms with Crippen LogP contribution in [0.1, 0.15) is 200 Å². The standard InChI is InChI=1S/C75H84BN3O/c1-68(2,3)48-28-34-64-53(41-48)66-67(80-64)76-59-42-49(69(4,5)6)27-33-61(59)77(50-29-31-54-57(43-50)72(11,12)39-37-70(54,7)8)62-45-52(46-63(65(62)76)78(66)51-30-32-55-58(44-51)73(13,14)40-38-71(55,9)10)79-60-26-20-19-25-56(60)75(47-23-17-16-18-24-47)36-22-21-35-74(75,79)15/h16-20,23-34,41-46H,21-22,35-40H2,1-15H3. The highest BCUT2D eigenvalue weighted by molar-refractivity contribution is 7.00. The van der Waals surface area contributed by atoms with Crippen LogP contribution in [-0.4, -0.2) is 12.3 Å². The fourth-order valence-corrected chi connectivity index (χ4v) is 16.6. The molecular weight excluding hydrogens is 970 g/mol. The van der Waals surface area contributed by atoms with Crippen molar-refractivity contribution in [3.8, 4) is 0 Å². The summed E-state index contributed by atoms with van der Waals surface area (Å²) in [5.74, 6) is 0. The third-order valence-corrected chi connectivity index (χ3v) is 21.6. The van der Waals surface area contributed by atoms with E-state index in [-0.39, 0.29) is 50.2 Å². The van der Waals surface area contributed by atoms with Gasteiger partial charge in [-0.25, -0.2) is 0 Å². The van der Waals surface area contributed by atoms with E-state index < -0.39 is 0 Å². The summed E-state index contributed by atoms with van der Waals surface area (Å²) in [6.07, 6.45) is 9.20. The van der Waals surface area contributed by atoms with Gasteiger partial charge in [-0.2, -0.15) is 0 Å². The molecule has 408 valence electrons. The lowest BCUT2D eigenvalue weighted by Gasteiger charge is -2.53. The van der Waals surface area contributed by atoms with Gasteiger partial charge in [-0.15, -0.1) is 0 Å². The van der Waals surface area contributed by atoms with Crippen molar-refractivity contribution in [2.75, 3.05) is 14.7 Å². The molecule has 7 aromatic carbocycles. The fourth-order valence-electron chi connectivity index (χ4n) is 16.6. The number of rotatable bonds is 4. The maximum Gasteiger partial charge on any atom is 0.297 e. The second-order valence-corrected chi connectivity index (χ2v) is 30.4. The quantitative estimate of drug-likeness (QED) is 0.164. The minimum absolute atomic E-state index is 0.00461. The van der Waals surface area contributed by atoms with Crippen LogP contribution in [0.25, 0.3) is 11.0 Å². The monoisotopic (exact) mass is 1050 g/mol. The molecule has 14 rings (SSSR count). The Morgan fingerprint density at radius 3 is 1.60 bits per heavy atom. The van der Waals surface area contributed by atoms with Crippen LogP contribution in [0.15, 0.2) is 144 Å². The molecule has 5 heteroatoms. The maximum atomic E-state index is 7.65. The Morgan fingerprint density at radius 1 is 0.438 bits per heavy atom. The van der Waals surface area contributed by atoms with Gasteiger partial charge < -0.3 is 19.1 Å². The van der Waals surface area contributed by atoms with Gasteiger partial charge in [0.2, 0.25) is 0 Å². The predicted octanol–water partition coefficient (Wildman–Crippen LogP) is 18.6. The Balaban J connectivity index is 1.14. The number of furan rings is 1. The molecule has 3 aliphatic carbocycles. The van der Waals surface area contributed by atoms with Crippen LogP contribution >= 0.6 is 0 Å². The van der Waals surface area contributed by atoms with Gasteiger partial charge in [-0.05, 0) is 194 Å². The molecule has 2 unspecified atom stereocenters. The van der Waals surface area contributed by atoms with Gasteiger partial charge in [0.05, 0.1) is 16.9 Å². The molecule has 1 aromatic heterocycles. The van der Waals surface area contributed by atoms with Crippen LogP contribution in [-0.2, 0) is 37.9 Å². The summed E-state index contributed by atoms with van der Waals surface area (Å²) >= 11 is 0. The largest absolute Gasteiger partial charge is 0.468 e. The summed E-state index contributed by atoms with van der Waals surface area (Å²) in [4.78, 5) is 8.22. The molecule has 0 N–H and O–H groups in total. The Morgan fingerprint density at radius 2 is 0.975 bits per heavy atom. The topological polar surface area (TPSA) is 22.9 Å². The van der Waals surface area contributed by atoms with Crippen LogP contribution in [0.4, 0.5) is 45.5 Å². The van der Waals surface area contributed by atoms with Crippen molar-refractivity contribution < 1.29 is 4.42 Å². The van der Waals surface area contributed by atoms with Crippen LogP contribution in [0.5, 0.6) is 0 Å². The highest BCUT2D eigenvalue weighted by Crippen LogP contribution is 2.65. The van der Waals surface area contributed by atoms with Crippen molar-refractivity contribution in [3.05, 3.63) is 184 Å². The van der Waals surface area contributed by atoms with E-state index in [1.807, 2.05) is 0 Å². The van der Waals surface area contributed by atoms with Crippen molar-refractivity contribution in [3.63, 3.8) is 0 Å². The zero-order chi connectivity index (χ0) is 56.1. The van der Waals surface area contributed by atoms with Gasteiger partial charge >= 0.3 is 0 Å². The normalized spacial score (nSPS) is 22.7. The Hall–Kier alpha value is -6.46. The predicted molar refractivity (Wildman–Crippen MR) is 341 cm³/mol. The summed E-state index contributed by atoms with van der Waals surface area (Å²) in [5.41, 5.74) is 25.3. The fraction of sp³-hybridized carbons (Fsp3) is 0.413. The summed E-state index contributed by atoms with van der Waals surface area (Å²) in [6, 6.07) is 55.9. The summed E-state index contributed by atoms with van der Waals surface area (Å²) < 4.78 is 7.65. The minimum atomic E-state index is -0.271. The SMILES string of the molecule is CC(C)(C)c1ccc2c(c1)B1c3oc4ccc(C(C)(C)C)cc4c3N(c3ccc4c(c3)C(C)(C)CCC4(C)C)c3cc(N4c5ccccc5C5(c6ccccc6)CCCCC45C)cc(c31)N2c1ccc2c(c1)C(C)(C)CCC2(C)C. The molecule has 4 nitrogen and oxygen atoms in total. The third-order valence-electron chi connectivity index (χ3n) is 21.6. The molecule has 2 atom stereocenters. The molecule has 0 saturated heterocycles. The number of anilines is 8. The Kier molecular flexibility index (Phi) is 10.9. The van der Waals surface area contributed by atoms with Crippen molar-refractivity contribution in [1.82, 2.24) is 0 Å². The van der Waals surface area contributed by atoms with Crippen molar-refractivity contribution >= 4 is 79.8 Å². The van der Waals surface area contributed by atoms with Gasteiger partial charge in [0, 0.05) is 50.6 Å². The van der Waals surface area contributed by atoms with E-state index in [4.69, 9.17) is 4.42 Å². The number of para-hydroxylation sites is 1. The molecule has 6 aliphatic rings. The third kappa shape index (κ3) is 7.19. The van der Waals surface area contributed by atoms with Crippen LogP contribution in [0, 0.1) is 0 Å². The highest BCUT2D eigenvalue weighted by Gasteiger charge is 2.61. The van der Waals surface area contributed by atoms with Crippen LogP contribution in [0.2, 0.25) is 0 Å². The lowest BCUT2D eigenvalue weighted by Crippen LogP contribution is -2.61. The van der Waals surface area contributed by atoms with Gasteiger partial charge in [-0.1, -0.05) is 189 Å². The van der Waals surface area contributed by atoms with Crippen molar-refractivity contribution in [2.24, 2.45) is 0 Å². The number of hydrogen-bond acceptors (Lipinski definition) is 4. The molecule has 0 bridgehead atoms. The lowest BCUT2D eigenvalue weighted by atomic mass is 9.35. The molecule has 80 heavy (non-hydrogen) atoms. The van der Waals surface area contributed by atoms with E-state index in [0.717, 1.165) is 36.9 Å². The maximum absolute atomic E-state index is 7.65. The zero-order valence-corrected chi connectivity index (χ0v) is 50.8. The average Bonchev–Trinajstić information content (AvgIpc) is 3.99. The van der Waals surface area contributed by atoms with Crippen LogP contribution < -0.4 is 31.3 Å². The van der Waals surface area contributed by atoms with Gasteiger partial charge in [0.15, 0.2) is 0 Å². The second kappa shape index (κ2) is 16.8. The van der Waals surface area contributed by atoms with Gasteiger partial charge in [0.1, 0.15) is 5.58 Å². The van der Waals surface area contributed by atoms with E-state index in [1.165, 1.54) is 132 Å². The molecule has 3 aliphatic heterocycles.